The van der Waals surface area contributed by atoms with Crippen molar-refractivity contribution in [1.29, 1.82) is 0 Å². The van der Waals surface area contributed by atoms with Gasteiger partial charge in [0.15, 0.2) is 0 Å². The van der Waals surface area contributed by atoms with E-state index in [9.17, 15) is 4.79 Å². The van der Waals surface area contributed by atoms with Crippen LogP contribution in [-0.2, 0) is 0 Å². The van der Waals surface area contributed by atoms with Crippen LogP contribution in [0.5, 0.6) is 0 Å². The first-order chi connectivity index (χ1) is 6.76. The summed E-state index contributed by atoms with van der Waals surface area (Å²) in [7, 11) is 1.70. The lowest BCUT2D eigenvalue weighted by atomic mass is 9.78. The van der Waals surface area contributed by atoms with E-state index in [-0.39, 0.29) is 6.03 Å². The highest BCUT2D eigenvalue weighted by molar-refractivity contribution is 5.73. The standard InChI is InChI=1S/C10H19N3O/c1-11-9(14)13-6-3-10(4-7-13)2-5-12-8-10/h12H,2-8H2,1H3,(H,11,14). The Kier molecular flexibility index (Phi) is 2.63. The van der Waals surface area contributed by atoms with Gasteiger partial charge in [0.05, 0.1) is 0 Å². The average molecular weight is 197 g/mol. The third-order valence-electron chi connectivity index (χ3n) is 3.66. The van der Waals surface area contributed by atoms with Gasteiger partial charge in [-0.3, -0.25) is 0 Å². The van der Waals surface area contributed by atoms with Gasteiger partial charge in [-0.25, -0.2) is 4.79 Å². The fourth-order valence-corrected chi connectivity index (χ4v) is 2.56. The summed E-state index contributed by atoms with van der Waals surface area (Å²) in [5.74, 6) is 0. The van der Waals surface area contributed by atoms with Crippen molar-refractivity contribution < 1.29 is 4.79 Å². The lowest BCUT2D eigenvalue weighted by Gasteiger charge is -2.38. The zero-order chi connectivity index (χ0) is 10.0. The molecule has 1 spiro atoms. The van der Waals surface area contributed by atoms with Crippen LogP contribution in [0, 0.1) is 5.41 Å². The number of amides is 2. The van der Waals surface area contributed by atoms with Crippen molar-refractivity contribution in [3.63, 3.8) is 0 Å². The monoisotopic (exact) mass is 197 g/mol. The molecule has 0 aliphatic carbocycles. The summed E-state index contributed by atoms with van der Waals surface area (Å²) < 4.78 is 0. The van der Waals surface area contributed by atoms with Crippen molar-refractivity contribution in [1.82, 2.24) is 15.5 Å². The Bertz CT molecular complexity index is 213. The van der Waals surface area contributed by atoms with Gasteiger partial charge in [-0.15, -0.1) is 0 Å². The SMILES string of the molecule is CNC(=O)N1CCC2(CCNC2)CC1. The van der Waals surface area contributed by atoms with Crippen molar-refractivity contribution in [3.05, 3.63) is 0 Å². The molecule has 80 valence electrons. The molecule has 2 N–H and O–H groups in total. The number of carbonyl (C=O) groups is 1. The van der Waals surface area contributed by atoms with Crippen LogP contribution in [-0.4, -0.2) is 44.2 Å². The van der Waals surface area contributed by atoms with Crippen molar-refractivity contribution in [2.75, 3.05) is 33.2 Å². The maximum Gasteiger partial charge on any atom is 0.317 e. The molecule has 0 bridgehead atoms. The summed E-state index contributed by atoms with van der Waals surface area (Å²) in [6.45, 7) is 4.14. The van der Waals surface area contributed by atoms with E-state index in [1.807, 2.05) is 4.90 Å². The third-order valence-corrected chi connectivity index (χ3v) is 3.66. The Morgan fingerprint density at radius 1 is 1.36 bits per heavy atom. The maximum atomic E-state index is 11.4. The van der Waals surface area contributed by atoms with E-state index in [1.54, 1.807) is 7.05 Å². The van der Waals surface area contributed by atoms with Gasteiger partial charge in [0, 0.05) is 26.7 Å². The highest BCUT2D eigenvalue weighted by Gasteiger charge is 2.37. The van der Waals surface area contributed by atoms with Gasteiger partial charge in [-0.1, -0.05) is 0 Å². The summed E-state index contributed by atoms with van der Waals surface area (Å²) in [4.78, 5) is 13.3. The van der Waals surface area contributed by atoms with Gasteiger partial charge in [0.25, 0.3) is 0 Å². The van der Waals surface area contributed by atoms with Crippen LogP contribution < -0.4 is 10.6 Å². The molecule has 2 fully saturated rings. The molecule has 14 heavy (non-hydrogen) atoms. The summed E-state index contributed by atoms with van der Waals surface area (Å²) in [6.07, 6.45) is 3.61. The first-order valence-corrected chi connectivity index (χ1v) is 5.43. The van der Waals surface area contributed by atoms with Crippen LogP contribution in [0.25, 0.3) is 0 Å². The van der Waals surface area contributed by atoms with Crippen LogP contribution in [0.15, 0.2) is 0 Å². The number of urea groups is 1. The smallest absolute Gasteiger partial charge is 0.317 e. The highest BCUT2D eigenvalue weighted by atomic mass is 16.2. The zero-order valence-corrected chi connectivity index (χ0v) is 8.81. The molecule has 2 saturated heterocycles. The number of nitrogens with zero attached hydrogens (tertiary/aromatic N) is 1. The van der Waals surface area contributed by atoms with E-state index in [2.05, 4.69) is 10.6 Å². The topological polar surface area (TPSA) is 44.4 Å². The van der Waals surface area contributed by atoms with Crippen LogP contribution in [0.2, 0.25) is 0 Å². The summed E-state index contributed by atoms with van der Waals surface area (Å²) in [5, 5.41) is 6.11. The van der Waals surface area contributed by atoms with Crippen molar-refractivity contribution in [2.24, 2.45) is 5.41 Å². The van der Waals surface area contributed by atoms with Crippen molar-refractivity contribution >= 4 is 6.03 Å². The van der Waals surface area contributed by atoms with E-state index in [1.165, 1.54) is 6.42 Å². The average Bonchev–Trinajstić information content (AvgIpc) is 2.67. The molecule has 4 heteroatoms. The Labute approximate surface area is 85.0 Å². The minimum absolute atomic E-state index is 0.0748. The normalized spacial score (nSPS) is 25.4. The Hall–Kier alpha value is -0.770. The fraction of sp³-hybridized carbons (Fsp3) is 0.900. The minimum atomic E-state index is 0.0748. The Morgan fingerprint density at radius 3 is 2.57 bits per heavy atom. The molecule has 2 aliphatic heterocycles. The first kappa shape index (κ1) is 9.77. The molecule has 0 aromatic rings. The van der Waals surface area contributed by atoms with E-state index < -0.39 is 0 Å². The predicted octanol–water partition coefficient (Wildman–Crippen LogP) is 0.401. The second-order valence-corrected chi connectivity index (χ2v) is 4.47. The molecule has 2 aliphatic rings. The number of piperidine rings is 1. The molecular weight excluding hydrogens is 178 g/mol. The van der Waals surface area contributed by atoms with Gasteiger partial charge in [-0.05, 0) is 31.2 Å². The number of likely N-dealkylation sites (tertiary alicyclic amines) is 1. The van der Waals surface area contributed by atoms with Crippen LogP contribution in [0.1, 0.15) is 19.3 Å². The van der Waals surface area contributed by atoms with Crippen molar-refractivity contribution in [3.8, 4) is 0 Å². The van der Waals surface area contributed by atoms with E-state index in [0.29, 0.717) is 5.41 Å². The van der Waals surface area contributed by atoms with Crippen LogP contribution in [0.3, 0.4) is 0 Å². The van der Waals surface area contributed by atoms with E-state index >= 15 is 0 Å². The molecule has 0 atom stereocenters. The summed E-state index contributed by atoms with van der Waals surface area (Å²) >= 11 is 0. The maximum absolute atomic E-state index is 11.4. The van der Waals surface area contributed by atoms with Gasteiger partial charge in [-0.2, -0.15) is 0 Å². The third kappa shape index (κ3) is 1.71. The summed E-state index contributed by atoms with van der Waals surface area (Å²) in [6, 6.07) is 0.0748. The highest BCUT2D eigenvalue weighted by Crippen LogP contribution is 2.36. The predicted molar refractivity (Wildman–Crippen MR) is 55.2 cm³/mol. The second kappa shape index (κ2) is 3.77. The zero-order valence-electron chi connectivity index (χ0n) is 8.81. The minimum Gasteiger partial charge on any atom is -0.341 e. The van der Waals surface area contributed by atoms with Gasteiger partial charge >= 0.3 is 6.03 Å². The molecule has 0 aromatic heterocycles. The number of rotatable bonds is 0. The number of hydrogen-bond acceptors (Lipinski definition) is 2. The molecule has 4 nitrogen and oxygen atoms in total. The molecule has 0 saturated carbocycles. The van der Waals surface area contributed by atoms with E-state index in [0.717, 1.165) is 39.0 Å². The molecule has 0 aromatic carbocycles. The molecule has 2 rings (SSSR count). The molecule has 0 unspecified atom stereocenters. The quantitative estimate of drug-likeness (QED) is 0.590. The second-order valence-electron chi connectivity index (χ2n) is 4.47. The molecule has 2 heterocycles. The van der Waals surface area contributed by atoms with Crippen molar-refractivity contribution in [2.45, 2.75) is 19.3 Å². The number of nitrogens with one attached hydrogen (secondary N) is 2. The fourth-order valence-electron chi connectivity index (χ4n) is 2.56. The number of hydrogen-bond donors (Lipinski definition) is 2. The Morgan fingerprint density at radius 2 is 2.07 bits per heavy atom. The first-order valence-electron chi connectivity index (χ1n) is 5.43. The van der Waals surface area contributed by atoms with E-state index in [4.69, 9.17) is 0 Å². The van der Waals surface area contributed by atoms with Gasteiger partial charge in [0.2, 0.25) is 0 Å². The number of carbonyl (C=O) groups excluding carboxylic acids is 1. The van der Waals surface area contributed by atoms with Crippen LogP contribution >= 0.6 is 0 Å². The Balaban J connectivity index is 1.88. The summed E-state index contributed by atoms with van der Waals surface area (Å²) in [5.41, 5.74) is 0.504. The van der Waals surface area contributed by atoms with Crippen LogP contribution in [0.4, 0.5) is 4.79 Å². The lowest BCUT2D eigenvalue weighted by Crippen LogP contribution is -2.47. The van der Waals surface area contributed by atoms with Gasteiger partial charge < -0.3 is 15.5 Å². The van der Waals surface area contributed by atoms with Gasteiger partial charge in [0.1, 0.15) is 0 Å². The molecule has 2 amide bonds. The largest absolute Gasteiger partial charge is 0.341 e. The lowest BCUT2D eigenvalue weighted by molar-refractivity contribution is 0.130. The molecule has 0 radical (unpaired) electrons. The molecular formula is C10H19N3O.